The summed E-state index contributed by atoms with van der Waals surface area (Å²) in [6.07, 6.45) is 5.68. The van der Waals surface area contributed by atoms with E-state index in [1.165, 1.54) is 11.6 Å². The Morgan fingerprint density at radius 3 is 3.16 bits per heavy atom. The molecule has 1 amide bonds. The lowest BCUT2D eigenvalue weighted by molar-refractivity contribution is -0.111. The zero-order valence-corrected chi connectivity index (χ0v) is 10.3. The molecule has 0 spiro atoms. The Bertz CT molecular complexity index is 615. The van der Waals surface area contributed by atoms with E-state index < -0.39 is 0 Å². The highest BCUT2D eigenvalue weighted by Crippen LogP contribution is 2.25. The summed E-state index contributed by atoms with van der Waals surface area (Å²) in [7, 11) is 0. The third kappa shape index (κ3) is 2.68. The normalized spacial score (nSPS) is 13.3. The molecule has 3 rings (SSSR count). The molecule has 0 fully saturated rings. The number of amides is 1. The van der Waals surface area contributed by atoms with E-state index in [0.717, 1.165) is 24.3 Å². The summed E-state index contributed by atoms with van der Waals surface area (Å²) in [6.45, 7) is 0.963. The SMILES string of the molecule is O=C(C=Cc1ccco1)Nc1ccc2c(c1)CCN2. The van der Waals surface area contributed by atoms with E-state index in [1.54, 1.807) is 24.5 Å². The molecular weight excluding hydrogens is 240 g/mol. The predicted molar refractivity (Wildman–Crippen MR) is 75.0 cm³/mol. The summed E-state index contributed by atoms with van der Waals surface area (Å²) in [5.41, 5.74) is 3.22. The second-order valence-electron chi connectivity index (χ2n) is 4.39. The molecule has 2 N–H and O–H groups in total. The lowest BCUT2D eigenvalue weighted by Gasteiger charge is -2.05. The number of fused-ring (bicyclic) bond motifs is 1. The number of hydrogen-bond donors (Lipinski definition) is 2. The van der Waals surface area contributed by atoms with Gasteiger partial charge in [-0.3, -0.25) is 4.79 Å². The molecule has 19 heavy (non-hydrogen) atoms. The standard InChI is InChI=1S/C15H14N2O2/c18-15(6-4-13-2-1-9-19-13)17-12-3-5-14-11(10-12)7-8-16-14/h1-6,9-10,16H,7-8H2,(H,17,18). The van der Waals surface area contributed by atoms with Crippen LogP contribution in [0.5, 0.6) is 0 Å². The fraction of sp³-hybridized carbons (Fsp3) is 0.133. The number of rotatable bonds is 3. The fourth-order valence-corrected chi connectivity index (χ4v) is 2.11. The van der Waals surface area contributed by atoms with Crippen molar-refractivity contribution in [1.29, 1.82) is 0 Å². The van der Waals surface area contributed by atoms with E-state index >= 15 is 0 Å². The molecule has 0 aliphatic carbocycles. The summed E-state index contributed by atoms with van der Waals surface area (Å²) in [4.78, 5) is 11.8. The van der Waals surface area contributed by atoms with E-state index in [-0.39, 0.29) is 5.91 Å². The van der Waals surface area contributed by atoms with Gasteiger partial charge in [-0.05, 0) is 48.4 Å². The van der Waals surface area contributed by atoms with Gasteiger partial charge in [0.05, 0.1) is 6.26 Å². The van der Waals surface area contributed by atoms with Crippen LogP contribution in [0.25, 0.3) is 6.08 Å². The second kappa shape index (κ2) is 5.02. The first-order valence-corrected chi connectivity index (χ1v) is 6.21. The van der Waals surface area contributed by atoms with Crippen molar-refractivity contribution in [2.45, 2.75) is 6.42 Å². The first-order chi connectivity index (χ1) is 9.31. The van der Waals surface area contributed by atoms with Crippen LogP contribution in [-0.2, 0) is 11.2 Å². The molecule has 0 saturated carbocycles. The molecule has 1 aliphatic heterocycles. The summed E-state index contributed by atoms with van der Waals surface area (Å²) in [5.74, 6) is 0.496. The van der Waals surface area contributed by atoms with Gasteiger partial charge in [0.1, 0.15) is 5.76 Å². The molecule has 0 bridgehead atoms. The van der Waals surface area contributed by atoms with Crippen molar-refractivity contribution < 1.29 is 9.21 Å². The van der Waals surface area contributed by atoms with Crippen LogP contribution < -0.4 is 10.6 Å². The summed E-state index contributed by atoms with van der Waals surface area (Å²) in [5, 5.41) is 6.12. The Balaban J connectivity index is 1.66. The van der Waals surface area contributed by atoms with Gasteiger partial charge in [0.25, 0.3) is 0 Å². The first-order valence-electron chi connectivity index (χ1n) is 6.21. The average Bonchev–Trinajstić information content (AvgIpc) is 3.07. The minimum atomic E-state index is -0.165. The summed E-state index contributed by atoms with van der Waals surface area (Å²) >= 11 is 0. The number of carbonyl (C=O) groups is 1. The van der Waals surface area contributed by atoms with Gasteiger partial charge in [0.2, 0.25) is 5.91 Å². The van der Waals surface area contributed by atoms with Crippen LogP contribution >= 0.6 is 0 Å². The van der Waals surface area contributed by atoms with Crippen molar-refractivity contribution in [2.75, 3.05) is 17.2 Å². The summed E-state index contributed by atoms with van der Waals surface area (Å²) < 4.78 is 5.12. The summed E-state index contributed by atoms with van der Waals surface area (Å²) in [6, 6.07) is 9.48. The van der Waals surface area contributed by atoms with Gasteiger partial charge in [0.15, 0.2) is 0 Å². The molecule has 4 heteroatoms. The van der Waals surface area contributed by atoms with Crippen LogP contribution in [0.1, 0.15) is 11.3 Å². The third-order valence-corrected chi connectivity index (χ3v) is 3.02. The lowest BCUT2D eigenvalue weighted by Crippen LogP contribution is -2.07. The monoisotopic (exact) mass is 254 g/mol. The molecule has 0 radical (unpaired) electrons. The minimum absolute atomic E-state index is 0.165. The maximum atomic E-state index is 11.8. The van der Waals surface area contributed by atoms with E-state index in [2.05, 4.69) is 10.6 Å². The molecule has 0 atom stereocenters. The first kappa shape index (κ1) is 11.6. The highest BCUT2D eigenvalue weighted by atomic mass is 16.3. The van der Waals surface area contributed by atoms with E-state index in [4.69, 9.17) is 4.42 Å². The Morgan fingerprint density at radius 1 is 1.37 bits per heavy atom. The van der Waals surface area contributed by atoms with Gasteiger partial charge >= 0.3 is 0 Å². The fourth-order valence-electron chi connectivity index (χ4n) is 2.11. The molecular formula is C15H14N2O2. The number of nitrogens with one attached hydrogen (secondary N) is 2. The van der Waals surface area contributed by atoms with Crippen molar-refractivity contribution in [3.63, 3.8) is 0 Å². The van der Waals surface area contributed by atoms with Crippen LogP contribution in [0.2, 0.25) is 0 Å². The molecule has 2 aromatic rings. The Hall–Kier alpha value is -2.49. The van der Waals surface area contributed by atoms with E-state index in [1.807, 2.05) is 18.2 Å². The zero-order valence-electron chi connectivity index (χ0n) is 10.3. The topological polar surface area (TPSA) is 54.3 Å². The van der Waals surface area contributed by atoms with Crippen LogP contribution in [0.4, 0.5) is 11.4 Å². The van der Waals surface area contributed by atoms with Crippen molar-refractivity contribution in [2.24, 2.45) is 0 Å². The number of benzene rings is 1. The van der Waals surface area contributed by atoms with Gasteiger partial charge < -0.3 is 15.1 Å². The van der Waals surface area contributed by atoms with Gasteiger partial charge in [-0.25, -0.2) is 0 Å². The Morgan fingerprint density at radius 2 is 2.32 bits per heavy atom. The van der Waals surface area contributed by atoms with Gasteiger partial charge in [-0.1, -0.05) is 0 Å². The predicted octanol–water partition coefficient (Wildman–Crippen LogP) is 2.90. The molecule has 1 aromatic carbocycles. The second-order valence-corrected chi connectivity index (χ2v) is 4.39. The van der Waals surface area contributed by atoms with Crippen LogP contribution in [0.3, 0.4) is 0 Å². The lowest BCUT2D eigenvalue weighted by atomic mass is 10.1. The average molecular weight is 254 g/mol. The van der Waals surface area contributed by atoms with Crippen molar-refractivity contribution in [3.05, 3.63) is 54.0 Å². The smallest absolute Gasteiger partial charge is 0.248 e. The molecule has 96 valence electrons. The Kier molecular flexibility index (Phi) is 3.06. The third-order valence-electron chi connectivity index (χ3n) is 3.02. The van der Waals surface area contributed by atoms with Crippen LogP contribution in [0, 0.1) is 0 Å². The van der Waals surface area contributed by atoms with Crippen molar-refractivity contribution in [1.82, 2.24) is 0 Å². The largest absolute Gasteiger partial charge is 0.465 e. The van der Waals surface area contributed by atoms with Crippen LogP contribution in [-0.4, -0.2) is 12.5 Å². The maximum absolute atomic E-state index is 11.8. The quantitative estimate of drug-likeness (QED) is 0.828. The highest BCUT2D eigenvalue weighted by Gasteiger charge is 2.10. The molecule has 2 heterocycles. The highest BCUT2D eigenvalue weighted by molar-refractivity contribution is 6.01. The molecule has 4 nitrogen and oxygen atoms in total. The molecule has 1 aliphatic rings. The number of hydrogen-bond acceptors (Lipinski definition) is 3. The zero-order chi connectivity index (χ0) is 13.1. The molecule has 0 saturated heterocycles. The van der Waals surface area contributed by atoms with Crippen LogP contribution in [0.15, 0.2) is 47.1 Å². The van der Waals surface area contributed by atoms with Gasteiger partial charge in [0, 0.05) is 24.0 Å². The molecule has 1 aromatic heterocycles. The Labute approximate surface area is 111 Å². The van der Waals surface area contributed by atoms with Crippen molar-refractivity contribution >= 4 is 23.4 Å². The van der Waals surface area contributed by atoms with Crippen molar-refractivity contribution in [3.8, 4) is 0 Å². The number of furan rings is 1. The van der Waals surface area contributed by atoms with Gasteiger partial charge in [-0.2, -0.15) is 0 Å². The number of carbonyl (C=O) groups excluding carboxylic acids is 1. The molecule has 0 unspecified atom stereocenters. The maximum Gasteiger partial charge on any atom is 0.248 e. The van der Waals surface area contributed by atoms with E-state index in [0.29, 0.717) is 5.76 Å². The van der Waals surface area contributed by atoms with E-state index in [9.17, 15) is 4.79 Å². The van der Waals surface area contributed by atoms with Gasteiger partial charge in [-0.15, -0.1) is 0 Å². The minimum Gasteiger partial charge on any atom is -0.465 e. The number of anilines is 2.